The van der Waals surface area contributed by atoms with Crippen molar-refractivity contribution in [3.63, 3.8) is 0 Å². The van der Waals surface area contributed by atoms with Crippen LogP contribution < -0.4 is 5.73 Å². The summed E-state index contributed by atoms with van der Waals surface area (Å²) < 4.78 is 0. The van der Waals surface area contributed by atoms with Gasteiger partial charge in [-0.05, 0) is 12.8 Å². The van der Waals surface area contributed by atoms with Gasteiger partial charge in [0.05, 0.1) is 0 Å². The van der Waals surface area contributed by atoms with Crippen LogP contribution in [0.15, 0.2) is 0 Å². The summed E-state index contributed by atoms with van der Waals surface area (Å²) in [4.78, 5) is 13.4. The van der Waals surface area contributed by atoms with E-state index < -0.39 is 0 Å². The summed E-state index contributed by atoms with van der Waals surface area (Å²) >= 11 is 0. The Labute approximate surface area is 79.3 Å². The maximum Gasteiger partial charge on any atom is 0.223 e. The van der Waals surface area contributed by atoms with E-state index in [0.717, 1.165) is 19.4 Å². The van der Waals surface area contributed by atoms with Crippen molar-refractivity contribution in [3.05, 3.63) is 0 Å². The molecule has 0 spiro atoms. The van der Waals surface area contributed by atoms with Crippen molar-refractivity contribution >= 4 is 5.91 Å². The molecule has 1 atom stereocenters. The molecule has 0 aromatic carbocycles. The van der Waals surface area contributed by atoms with E-state index in [-0.39, 0.29) is 11.9 Å². The van der Waals surface area contributed by atoms with Crippen molar-refractivity contribution in [1.29, 1.82) is 0 Å². The van der Waals surface area contributed by atoms with Crippen molar-refractivity contribution in [1.82, 2.24) is 4.90 Å². The third-order valence-electron chi connectivity index (χ3n) is 2.45. The maximum atomic E-state index is 11.5. The highest BCUT2D eigenvalue weighted by Crippen LogP contribution is 2.17. The van der Waals surface area contributed by atoms with Gasteiger partial charge in [0.2, 0.25) is 5.91 Å². The number of hydrogen-bond donors (Lipinski definition) is 1. The van der Waals surface area contributed by atoms with Crippen molar-refractivity contribution in [3.8, 4) is 12.3 Å². The Morgan fingerprint density at radius 2 is 2.46 bits per heavy atom. The van der Waals surface area contributed by atoms with E-state index in [2.05, 4.69) is 5.92 Å². The molecule has 3 heteroatoms. The Kier molecular flexibility index (Phi) is 3.78. The van der Waals surface area contributed by atoms with Gasteiger partial charge in [0.15, 0.2) is 0 Å². The normalized spacial score (nSPS) is 21.5. The lowest BCUT2D eigenvalue weighted by atomic mass is 10.2. The standard InChI is InChI=1S/C10H16N2O/c1-2-3-6-10(13)12-7-4-5-9(12)8-11/h1,9H,3-8,11H2. The number of terminal acetylenes is 1. The molecule has 0 aliphatic carbocycles. The smallest absolute Gasteiger partial charge is 0.223 e. The molecular weight excluding hydrogens is 164 g/mol. The van der Waals surface area contributed by atoms with E-state index in [1.54, 1.807) is 0 Å². The van der Waals surface area contributed by atoms with Crippen LogP contribution in [0.2, 0.25) is 0 Å². The quantitative estimate of drug-likeness (QED) is 0.637. The fraction of sp³-hybridized carbons (Fsp3) is 0.700. The number of likely N-dealkylation sites (tertiary alicyclic amines) is 1. The van der Waals surface area contributed by atoms with Crippen LogP contribution in [-0.2, 0) is 4.79 Å². The third-order valence-corrected chi connectivity index (χ3v) is 2.45. The second kappa shape index (κ2) is 4.88. The molecule has 1 aliphatic heterocycles. The Bertz CT molecular complexity index is 219. The minimum absolute atomic E-state index is 0.158. The largest absolute Gasteiger partial charge is 0.338 e. The number of nitrogens with zero attached hydrogens (tertiary/aromatic N) is 1. The Hall–Kier alpha value is -1.01. The molecule has 0 aromatic rings. The predicted molar refractivity (Wildman–Crippen MR) is 51.9 cm³/mol. The molecule has 0 radical (unpaired) electrons. The molecule has 1 unspecified atom stereocenters. The third kappa shape index (κ3) is 2.46. The van der Waals surface area contributed by atoms with E-state index in [1.807, 2.05) is 4.90 Å². The van der Waals surface area contributed by atoms with E-state index >= 15 is 0 Å². The molecule has 13 heavy (non-hydrogen) atoms. The van der Waals surface area contributed by atoms with Crippen molar-refractivity contribution < 1.29 is 4.79 Å². The highest BCUT2D eigenvalue weighted by molar-refractivity contribution is 5.77. The Balaban J connectivity index is 2.41. The Morgan fingerprint density at radius 1 is 1.69 bits per heavy atom. The monoisotopic (exact) mass is 180 g/mol. The molecule has 1 saturated heterocycles. The minimum Gasteiger partial charge on any atom is -0.338 e. The molecule has 1 aliphatic rings. The SMILES string of the molecule is C#CCCC(=O)N1CCCC1CN. The second-order valence-electron chi connectivity index (χ2n) is 3.32. The van der Waals surface area contributed by atoms with Crippen LogP contribution in [0.1, 0.15) is 25.7 Å². The molecule has 1 amide bonds. The average molecular weight is 180 g/mol. The van der Waals surface area contributed by atoms with Crippen LogP contribution in [0, 0.1) is 12.3 Å². The number of carbonyl (C=O) groups is 1. The number of nitrogens with two attached hydrogens (primary N) is 1. The zero-order chi connectivity index (χ0) is 9.68. The summed E-state index contributed by atoms with van der Waals surface area (Å²) in [5.41, 5.74) is 5.56. The summed E-state index contributed by atoms with van der Waals surface area (Å²) in [5.74, 6) is 2.63. The molecule has 1 fully saturated rings. The molecule has 1 rings (SSSR count). The lowest BCUT2D eigenvalue weighted by Gasteiger charge is -2.22. The highest BCUT2D eigenvalue weighted by atomic mass is 16.2. The minimum atomic E-state index is 0.158. The van der Waals surface area contributed by atoms with Gasteiger partial charge in [-0.15, -0.1) is 12.3 Å². The summed E-state index contributed by atoms with van der Waals surface area (Å²) in [6.45, 7) is 1.42. The fourth-order valence-corrected chi connectivity index (χ4v) is 1.73. The van der Waals surface area contributed by atoms with Crippen LogP contribution in [0.5, 0.6) is 0 Å². The van der Waals surface area contributed by atoms with Crippen molar-refractivity contribution in [2.45, 2.75) is 31.7 Å². The van der Waals surface area contributed by atoms with Crippen LogP contribution >= 0.6 is 0 Å². The maximum absolute atomic E-state index is 11.5. The second-order valence-corrected chi connectivity index (χ2v) is 3.32. The molecule has 3 nitrogen and oxygen atoms in total. The number of amides is 1. The van der Waals surface area contributed by atoms with Gasteiger partial charge >= 0.3 is 0 Å². The number of rotatable bonds is 3. The van der Waals surface area contributed by atoms with E-state index in [4.69, 9.17) is 12.2 Å². The molecule has 72 valence electrons. The number of carbonyl (C=O) groups excluding carboxylic acids is 1. The van der Waals surface area contributed by atoms with Crippen molar-refractivity contribution in [2.24, 2.45) is 5.73 Å². The average Bonchev–Trinajstić information content (AvgIpc) is 2.61. The summed E-state index contributed by atoms with van der Waals surface area (Å²) in [6, 6.07) is 0.255. The predicted octanol–water partition coefficient (Wildman–Crippen LogP) is 0.350. The molecule has 2 N–H and O–H groups in total. The van der Waals surface area contributed by atoms with Crippen LogP contribution in [-0.4, -0.2) is 29.9 Å². The zero-order valence-electron chi connectivity index (χ0n) is 7.83. The van der Waals surface area contributed by atoms with Gasteiger partial charge in [-0.1, -0.05) is 0 Å². The van der Waals surface area contributed by atoms with Crippen LogP contribution in [0.3, 0.4) is 0 Å². The van der Waals surface area contributed by atoms with Gasteiger partial charge in [0.25, 0.3) is 0 Å². The van der Waals surface area contributed by atoms with E-state index in [0.29, 0.717) is 19.4 Å². The first-order chi connectivity index (χ1) is 6.29. The lowest BCUT2D eigenvalue weighted by molar-refractivity contribution is -0.131. The summed E-state index contributed by atoms with van der Waals surface area (Å²) in [5, 5.41) is 0. The lowest BCUT2D eigenvalue weighted by Crippen LogP contribution is -2.39. The van der Waals surface area contributed by atoms with Crippen molar-refractivity contribution in [2.75, 3.05) is 13.1 Å². The van der Waals surface area contributed by atoms with Gasteiger partial charge in [-0.25, -0.2) is 0 Å². The number of hydrogen-bond acceptors (Lipinski definition) is 2. The Morgan fingerprint density at radius 3 is 3.08 bits per heavy atom. The summed E-state index contributed by atoms with van der Waals surface area (Å²) in [6.07, 6.45) is 8.21. The van der Waals surface area contributed by atoms with Gasteiger partial charge in [0, 0.05) is 32.0 Å². The molecular formula is C10H16N2O. The fourth-order valence-electron chi connectivity index (χ4n) is 1.73. The molecule has 1 heterocycles. The zero-order valence-corrected chi connectivity index (χ0v) is 7.83. The highest BCUT2D eigenvalue weighted by Gasteiger charge is 2.26. The van der Waals surface area contributed by atoms with E-state index in [9.17, 15) is 4.79 Å². The van der Waals surface area contributed by atoms with Gasteiger partial charge in [-0.3, -0.25) is 4.79 Å². The van der Waals surface area contributed by atoms with Crippen LogP contribution in [0.4, 0.5) is 0 Å². The van der Waals surface area contributed by atoms with Gasteiger partial charge in [0.1, 0.15) is 0 Å². The molecule has 0 saturated carbocycles. The van der Waals surface area contributed by atoms with Gasteiger partial charge < -0.3 is 10.6 Å². The molecule has 0 aromatic heterocycles. The molecule has 0 bridgehead atoms. The van der Waals surface area contributed by atoms with E-state index in [1.165, 1.54) is 0 Å². The van der Waals surface area contributed by atoms with Gasteiger partial charge in [-0.2, -0.15) is 0 Å². The first-order valence-corrected chi connectivity index (χ1v) is 4.72. The summed E-state index contributed by atoms with van der Waals surface area (Å²) in [7, 11) is 0. The first kappa shape index (κ1) is 10.1. The first-order valence-electron chi connectivity index (χ1n) is 4.72. The topological polar surface area (TPSA) is 46.3 Å². The van der Waals surface area contributed by atoms with Crippen LogP contribution in [0.25, 0.3) is 0 Å².